The van der Waals surface area contributed by atoms with Crippen LogP contribution in [0.2, 0.25) is 0 Å². The fourth-order valence-electron chi connectivity index (χ4n) is 2.81. The number of thioether (sulfide) groups is 1. The molecule has 0 fully saturated rings. The lowest BCUT2D eigenvalue weighted by Crippen LogP contribution is -2.13. The van der Waals surface area contributed by atoms with Crippen LogP contribution in [0.4, 0.5) is 5.13 Å². The number of fused-ring (bicyclic) bond motifs is 1. The van der Waals surface area contributed by atoms with E-state index in [2.05, 4.69) is 44.8 Å². The third-order valence-corrected chi connectivity index (χ3v) is 6.19. The maximum Gasteiger partial charge on any atom is 0.236 e. The highest BCUT2D eigenvalue weighted by Crippen LogP contribution is 2.37. The van der Waals surface area contributed by atoms with Crippen LogP contribution in [-0.2, 0) is 11.2 Å². The van der Waals surface area contributed by atoms with E-state index in [1.54, 1.807) is 0 Å². The normalized spacial score (nSPS) is 11.0. The molecule has 1 amide bonds. The summed E-state index contributed by atoms with van der Waals surface area (Å²) >= 11 is 2.95. The highest BCUT2D eigenvalue weighted by atomic mass is 32.2. The summed E-state index contributed by atoms with van der Waals surface area (Å²) in [6.07, 6.45) is 0.818. The number of nitrogens with one attached hydrogen (secondary N) is 2. The van der Waals surface area contributed by atoms with Gasteiger partial charge in [0.1, 0.15) is 5.01 Å². The molecule has 2 aromatic carbocycles. The predicted molar refractivity (Wildman–Crippen MR) is 112 cm³/mol. The summed E-state index contributed by atoms with van der Waals surface area (Å²) < 4.78 is 0. The number of aryl methyl sites for hydroxylation is 1. The highest BCUT2D eigenvalue weighted by molar-refractivity contribution is 8.00. The molecule has 4 aromatic rings. The van der Waals surface area contributed by atoms with Gasteiger partial charge in [0.05, 0.1) is 11.4 Å². The summed E-state index contributed by atoms with van der Waals surface area (Å²) in [7, 11) is 0. The Morgan fingerprint density at radius 3 is 2.67 bits per heavy atom. The standard InChI is InChI=1S/C20H18N4OS2/c1-2-17-23-24-20(27-17)22-16(25)12-26-19-14-10-6-7-11-15(14)21-18(19)13-8-4-3-5-9-13/h3-11,21H,2,12H2,1H3,(H,22,24,25). The number of aromatic nitrogens is 3. The average molecular weight is 395 g/mol. The van der Waals surface area contributed by atoms with Gasteiger partial charge in [-0.2, -0.15) is 0 Å². The van der Waals surface area contributed by atoms with Gasteiger partial charge in [-0.1, -0.05) is 66.8 Å². The van der Waals surface area contributed by atoms with Crippen molar-refractivity contribution in [1.82, 2.24) is 15.2 Å². The van der Waals surface area contributed by atoms with Crippen LogP contribution in [0, 0.1) is 0 Å². The van der Waals surface area contributed by atoms with Gasteiger partial charge >= 0.3 is 0 Å². The Bertz CT molecular complexity index is 1070. The van der Waals surface area contributed by atoms with Crippen molar-refractivity contribution in [3.63, 3.8) is 0 Å². The molecule has 0 bridgehead atoms. The summed E-state index contributed by atoms with van der Waals surface area (Å²) in [4.78, 5) is 17.0. The SMILES string of the molecule is CCc1nnc(NC(=O)CSc2c(-c3ccccc3)[nH]c3ccccc23)s1. The van der Waals surface area contributed by atoms with Gasteiger partial charge in [-0.3, -0.25) is 10.1 Å². The first-order valence-corrected chi connectivity index (χ1v) is 10.5. The number of H-pyrrole nitrogens is 1. The molecule has 27 heavy (non-hydrogen) atoms. The maximum absolute atomic E-state index is 12.4. The van der Waals surface area contributed by atoms with E-state index in [0.717, 1.165) is 38.5 Å². The molecular formula is C20H18N4OS2. The molecule has 0 spiro atoms. The summed E-state index contributed by atoms with van der Waals surface area (Å²) in [5, 5.41) is 13.5. The summed E-state index contributed by atoms with van der Waals surface area (Å²) in [5.74, 6) is 0.228. The minimum Gasteiger partial charge on any atom is -0.354 e. The van der Waals surface area contributed by atoms with E-state index >= 15 is 0 Å². The van der Waals surface area contributed by atoms with E-state index in [9.17, 15) is 4.79 Å². The van der Waals surface area contributed by atoms with Crippen LogP contribution in [0.1, 0.15) is 11.9 Å². The van der Waals surface area contributed by atoms with E-state index in [1.165, 1.54) is 23.1 Å². The van der Waals surface area contributed by atoms with Crippen molar-refractivity contribution in [3.8, 4) is 11.3 Å². The third kappa shape index (κ3) is 3.89. The van der Waals surface area contributed by atoms with Crippen LogP contribution in [-0.4, -0.2) is 26.8 Å². The Balaban J connectivity index is 1.56. The number of para-hydroxylation sites is 1. The Hall–Kier alpha value is -2.64. The van der Waals surface area contributed by atoms with E-state index in [1.807, 2.05) is 37.3 Å². The van der Waals surface area contributed by atoms with Crippen molar-refractivity contribution in [2.75, 3.05) is 11.1 Å². The smallest absolute Gasteiger partial charge is 0.236 e. The minimum atomic E-state index is -0.0805. The molecule has 7 heteroatoms. The highest BCUT2D eigenvalue weighted by Gasteiger charge is 2.15. The molecule has 0 atom stereocenters. The van der Waals surface area contributed by atoms with Crippen molar-refractivity contribution in [2.24, 2.45) is 0 Å². The zero-order valence-corrected chi connectivity index (χ0v) is 16.4. The van der Waals surface area contributed by atoms with Crippen LogP contribution in [0.5, 0.6) is 0 Å². The predicted octanol–water partition coefficient (Wildman–Crippen LogP) is 4.98. The quantitative estimate of drug-likeness (QED) is 0.453. The fourth-order valence-corrected chi connectivity index (χ4v) is 4.50. The van der Waals surface area contributed by atoms with E-state index in [-0.39, 0.29) is 5.91 Å². The molecule has 2 heterocycles. The van der Waals surface area contributed by atoms with Gasteiger partial charge in [0.2, 0.25) is 11.0 Å². The molecule has 0 aliphatic rings. The van der Waals surface area contributed by atoms with Gasteiger partial charge in [0.15, 0.2) is 0 Å². The Morgan fingerprint density at radius 2 is 1.89 bits per heavy atom. The second-order valence-corrected chi connectivity index (χ2v) is 7.98. The summed E-state index contributed by atoms with van der Waals surface area (Å²) in [6, 6.07) is 18.3. The molecule has 2 N–H and O–H groups in total. The Labute approximate surface area is 165 Å². The molecule has 0 saturated carbocycles. The molecule has 4 rings (SSSR count). The number of hydrogen-bond donors (Lipinski definition) is 2. The lowest BCUT2D eigenvalue weighted by Gasteiger charge is -2.05. The first-order valence-electron chi connectivity index (χ1n) is 8.65. The summed E-state index contributed by atoms with van der Waals surface area (Å²) in [6.45, 7) is 2.02. The Kier molecular flexibility index (Phi) is 5.22. The number of carbonyl (C=O) groups excluding carboxylic acids is 1. The third-order valence-electron chi connectivity index (χ3n) is 4.08. The maximum atomic E-state index is 12.4. The van der Waals surface area contributed by atoms with Crippen LogP contribution in [0.3, 0.4) is 0 Å². The van der Waals surface area contributed by atoms with Crippen LogP contribution < -0.4 is 5.32 Å². The van der Waals surface area contributed by atoms with Gasteiger partial charge in [0, 0.05) is 15.8 Å². The lowest BCUT2D eigenvalue weighted by molar-refractivity contribution is -0.113. The van der Waals surface area contributed by atoms with Crippen LogP contribution >= 0.6 is 23.1 Å². The monoisotopic (exact) mass is 394 g/mol. The van der Waals surface area contributed by atoms with Gasteiger partial charge < -0.3 is 4.98 Å². The zero-order chi connectivity index (χ0) is 18.6. The molecule has 2 aromatic heterocycles. The van der Waals surface area contributed by atoms with Gasteiger partial charge in [0.25, 0.3) is 0 Å². The van der Waals surface area contributed by atoms with Crippen molar-refractivity contribution in [3.05, 3.63) is 59.6 Å². The zero-order valence-electron chi connectivity index (χ0n) is 14.7. The van der Waals surface area contributed by atoms with Crippen molar-refractivity contribution >= 4 is 45.0 Å². The van der Waals surface area contributed by atoms with Gasteiger partial charge in [-0.15, -0.1) is 22.0 Å². The first kappa shape index (κ1) is 17.8. The number of hydrogen-bond acceptors (Lipinski definition) is 5. The van der Waals surface area contributed by atoms with Gasteiger partial charge in [-0.05, 0) is 18.1 Å². The fraction of sp³-hybridized carbons (Fsp3) is 0.150. The number of amides is 1. The number of carbonyl (C=O) groups is 1. The average Bonchev–Trinajstić information content (AvgIpc) is 3.31. The van der Waals surface area contributed by atoms with E-state index < -0.39 is 0 Å². The van der Waals surface area contributed by atoms with Gasteiger partial charge in [-0.25, -0.2) is 0 Å². The first-order chi connectivity index (χ1) is 13.2. The van der Waals surface area contributed by atoms with E-state index in [4.69, 9.17) is 0 Å². The van der Waals surface area contributed by atoms with E-state index in [0.29, 0.717) is 10.9 Å². The van der Waals surface area contributed by atoms with Crippen LogP contribution in [0.15, 0.2) is 59.5 Å². The largest absolute Gasteiger partial charge is 0.354 e. The van der Waals surface area contributed by atoms with Crippen LogP contribution in [0.25, 0.3) is 22.2 Å². The lowest BCUT2D eigenvalue weighted by atomic mass is 10.1. The number of benzene rings is 2. The molecule has 0 unspecified atom stereocenters. The van der Waals surface area contributed by atoms with Crippen molar-refractivity contribution in [2.45, 2.75) is 18.2 Å². The van der Waals surface area contributed by atoms with Crippen molar-refractivity contribution < 1.29 is 4.79 Å². The number of anilines is 1. The van der Waals surface area contributed by atoms with Crippen molar-refractivity contribution in [1.29, 1.82) is 0 Å². The number of rotatable bonds is 6. The molecule has 0 saturated heterocycles. The Morgan fingerprint density at radius 1 is 1.11 bits per heavy atom. The molecule has 5 nitrogen and oxygen atoms in total. The second kappa shape index (κ2) is 7.94. The molecule has 0 aliphatic carbocycles. The topological polar surface area (TPSA) is 70.7 Å². The molecule has 136 valence electrons. The minimum absolute atomic E-state index is 0.0805. The molecule has 0 aliphatic heterocycles. The number of aromatic amines is 1. The molecular weight excluding hydrogens is 376 g/mol. The second-order valence-electron chi connectivity index (χ2n) is 5.93. The number of nitrogens with zero attached hydrogens (tertiary/aromatic N) is 2. The summed E-state index contributed by atoms with van der Waals surface area (Å²) in [5.41, 5.74) is 3.21. The molecule has 0 radical (unpaired) electrons.